The SMILES string of the molecule is CC(=O)NN=C1C=CCCC1. The summed E-state index contributed by atoms with van der Waals surface area (Å²) in [5.41, 5.74) is 3.38. The highest BCUT2D eigenvalue weighted by atomic mass is 16.2. The minimum Gasteiger partial charge on any atom is -0.274 e. The van der Waals surface area contributed by atoms with E-state index in [2.05, 4.69) is 16.6 Å². The van der Waals surface area contributed by atoms with E-state index in [1.807, 2.05) is 6.08 Å². The molecule has 0 atom stereocenters. The molecule has 3 heteroatoms. The average molecular weight is 152 g/mol. The molecule has 0 aromatic rings. The summed E-state index contributed by atoms with van der Waals surface area (Å²) in [5.74, 6) is -0.114. The molecule has 0 aromatic heterocycles. The van der Waals surface area contributed by atoms with Crippen LogP contribution in [-0.2, 0) is 4.79 Å². The summed E-state index contributed by atoms with van der Waals surface area (Å²) >= 11 is 0. The van der Waals surface area contributed by atoms with Crippen molar-refractivity contribution < 1.29 is 4.79 Å². The molecular formula is C8H12N2O. The van der Waals surface area contributed by atoms with E-state index in [1.54, 1.807) is 0 Å². The molecule has 1 aliphatic carbocycles. The van der Waals surface area contributed by atoms with Crippen LogP contribution in [0, 0.1) is 0 Å². The monoisotopic (exact) mass is 152 g/mol. The Kier molecular flexibility index (Phi) is 2.83. The second kappa shape index (κ2) is 3.91. The second-order valence-corrected chi connectivity index (χ2v) is 2.57. The second-order valence-electron chi connectivity index (χ2n) is 2.57. The fourth-order valence-corrected chi connectivity index (χ4v) is 0.947. The van der Waals surface area contributed by atoms with Crippen LogP contribution in [0.15, 0.2) is 17.3 Å². The Morgan fingerprint density at radius 3 is 3.09 bits per heavy atom. The van der Waals surface area contributed by atoms with Gasteiger partial charge in [-0.3, -0.25) is 4.79 Å². The smallest absolute Gasteiger partial charge is 0.236 e. The van der Waals surface area contributed by atoms with Crippen molar-refractivity contribution in [2.45, 2.75) is 26.2 Å². The highest BCUT2D eigenvalue weighted by molar-refractivity contribution is 5.96. The van der Waals surface area contributed by atoms with Gasteiger partial charge in [0.1, 0.15) is 0 Å². The minimum atomic E-state index is -0.114. The van der Waals surface area contributed by atoms with Gasteiger partial charge >= 0.3 is 0 Å². The maximum absolute atomic E-state index is 10.4. The third-order valence-electron chi connectivity index (χ3n) is 1.47. The predicted molar refractivity (Wildman–Crippen MR) is 44.2 cm³/mol. The Balaban J connectivity index is 2.44. The zero-order chi connectivity index (χ0) is 8.10. The molecule has 11 heavy (non-hydrogen) atoms. The van der Waals surface area contributed by atoms with Crippen LogP contribution in [0.3, 0.4) is 0 Å². The van der Waals surface area contributed by atoms with Gasteiger partial charge in [0.2, 0.25) is 5.91 Å². The summed E-state index contributed by atoms with van der Waals surface area (Å²) in [6.45, 7) is 1.45. The summed E-state index contributed by atoms with van der Waals surface area (Å²) < 4.78 is 0. The van der Waals surface area contributed by atoms with Gasteiger partial charge in [-0.05, 0) is 25.3 Å². The average Bonchev–Trinajstić information content (AvgIpc) is 2.03. The lowest BCUT2D eigenvalue weighted by Gasteiger charge is -2.04. The molecule has 0 heterocycles. The molecular weight excluding hydrogens is 140 g/mol. The first kappa shape index (κ1) is 7.98. The van der Waals surface area contributed by atoms with E-state index in [9.17, 15) is 4.79 Å². The van der Waals surface area contributed by atoms with Gasteiger partial charge in [-0.2, -0.15) is 5.10 Å². The molecule has 0 aromatic carbocycles. The summed E-state index contributed by atoms with van der Waals surface area (Å²) in [6.07, 6.45) is 7.26. The fourth-order valence-electron chi connectivity index (χ4n) is 0.947. The number of rotatable bonds is 1. The first-order valence-electron chi connectivity index (χ1n) is 3.79. The molecule has 0 unspecified atom stereocenters. The number of allylic oxidation sites excluding steroid dienone is 2. The normalized spacial score (nSPS) is 20.3. The van der Waals surface area contributed by atoms with E-state index in [0.717, 1.165) is 25.0 Å². The van der Waals surface area contributed by atoms with Gasteiger partial charge in [0.15, 0.2) is 0 Å². The van der Waals surface area contributed by atoms with E-state index in [0.29, 0.717) is 0 Å². The molecule has 1 amide bonds. The third-order valence-corrected chi connectivity index (χ3v) is 1.47. The molecule has 0 bridgehead atoms. The lowest BCUT2D eigenvalue weighted by atomic mass is 10.1. The molecule has 0 saturated heterocycles. The summed E-state index contributed by atoms with van der Waals surface area (Å²) in [4.78, 5) is 10.4. The van der Waals surface area contributed by atoms with Crippen LogP contribution in [0.2, 0.25) is 0 Å². The van der Waals surface area contributed by atoms with Gasteiger partial charge in [-0.25, -0.2) is 5.43 Å². The lowest BCUT2D eigenvalue weighted by Crippen LogP contribution is -2.15. The van der Waals surface area contributed by atoms with Gasteiger partial charge in [-0.15, -0.1) is 0 Å². The van der Waals surface area contributed by atoms with Gasteiger partial charge in [0.25, 0.3) is 0 Å². The highest BCUT2D eigenvalue weighted by Gasteiger charge is 1.99. The van der Waals surface area contributed by atoms with Crippen LogP contribution in [0.5, 0.6) is 0 Å². The number of carbonyl (C=O) groups excluding carboxylic acids is 1. The van der Waals surface area contributed by atoms with Gasteiger partial charge in [0.05, 0.1) is 5.71 Å². The fraction of sp³-hybridized carbons (Fsp3) is 0.500. The largest absolute Gasteiger partial charge is 0.274 e. The summed E-state index contributed by atoms with van der Waals surface area (Å²) in [5, 5.41) is 3.91. The molecule has 0 aliphatic heterocycles. The maximum Gasteiger partial charge on any atom is 0.236 e. The molecule has 60 valence electrons. The van der Waals surface area contributed by atoms with Crippen molar-refractivity contribution in [1.29, 1.82) is 0 Å². The number of hydrogen-bond acceptors (Lipinski definition) is 2. The van der Waals surface area contributed by atoms with Crippen molar-refractivity contribution in [2.75, 3.05) is 0 Å². The molecule has 0 fully saturated rings. The Bertz CT molecular complexity index is 206. The molecule has 0 radical (unpaired) electrons. The minimum absolute atomic E-state index is 0.114. The first-order chi connectivity index (χ1) is 5.29. The lowest BCUT2D eigenvalue weighted by molar-refractivity contribution is -0.118. The van der Waals surface area contributed by atoms with Crippen LogP contribution in [0.4, 0.5) is 0 Å². The van der Waals surface area contributed by atoms with Crippen molar-refractivity contribution >= 4 is 11.6 Å². The first-order valence-corrected chi connectivity index (χ1v) is 3.79. The van der Waals surface area contributed by atoms with E-state index in [1.165, 1.54) is 6.92 Å². The molecule has 0 spiro atoms. The predicted octanol–water partition coefficient (Wildman–Crippen LogP) is 1.22. The van der Waals surface area contributed by atoms with Gasteiger partial charge in [0, 0.05) is 6.92 Å². The molecule has 3 nitrogen and oxygen atoms in total. The highest BCUT2D eigenvalue weighted by Crippen LogP contribution is 2.06. The van der Waals surface area contributed by atoms with Crippen molar-refractivity contribution in [2.24, 2.45) is 5.10 Å². The molecule has 1 N–H and O–H groups in total. The Morgan fingerprint density at radius 2 is 2.55 bits per heavy atom. The van der Waals surface area contributed by atoms with Crippen molar-refractivity contribution in [3.8, 4) is 0 Å². The zero-order valence-electron chi connectivity index (χ0n) is 6.63. The van der Waals surface area contributed by atoms with E-state index >= 15 is 0 Å². The molecule has 1 rings (SSSR count). The van der Waals surface area contributed by atoms with E-state index in [-0.39, 0.29) is 5.91 Å². The standard InChI is InChI=1S/C8H12N2O/c1-7(11)9-10-8-5-3-2-4-6-8/h3,5H,2,4,6H2,1H3,(H,9,11). The van der Waals surface area contributed by atoms with Crippen LogP contribution in [0.1, 0.15) is 26.2 Å². The Hall–Kier alpha value is -1.12. The number of hydrogen-bond donors (Lipinski definition) is 1. The number of carbonyl (C=O) groups is 1. The van der Waals surface area contributed by atoms with Crippen molar-refractivity contribution in [3.05, 3.63) is 12.2 Å². The van der Waals surface area contributed by atoms with Crippen LogP contribution in [0.25, 0.3) is 0 Å². The van der Waals surface area contributed by atoms with E-state index < -0.39 is 0 Å². The number of nitrogens with zero attached hydrogens (tertiary/aromatic N) is 1. The number of nitrogens with one attached hydrogen (secondary N) is 1. The van der Waals surface area contributed by atoms with Crippen molar-refractivity contribution in [1.82, 2.24) is 5.43 Å². The van der Waals surface area contributed by atoms with E-state index in [4.69, 9.17) is 0 Å². The summed E-state index contributed by atoms with van der Waals surface area (Å²) in [6, 6.07) is 0. The van der Waals surface area contributed by atoms with Crippen LogP contribution >= 0.6 is 0 Å². The Morgan fingerprint density at radius 1 is 1.73 bits per heavy atom. The number of hydrazone groups is 1. The summed E-state index contributed by atoms with van der Waals surface area (Å²) in [7, 11) is 0. The maximum atomic E-state index is 10.4. The molecule has 0 saturated carbocycles. The zero-order valence-corrected chi connectivity index (χ0v) is 6.63. The third kappa shape index (κ3) is 2.98. The Labute approximate surface area is 66.2 Å². The topological polar surface area (TPSA) is 41.5 Å². The molecule has 1 aliphatic rings. The van der Waals surface area contributed by atoms with Crippen molar-refractivity contribution in [3.63, 3.8) is 0 Å². The van der Waals surface area contributed by atoms with Crippen LogP contribution in [-0.4, -0.2) is 11.6 Å². The van der Waals surface area contributed by atoms with Gasteiger partial charge < -0.3 is 0 Å². The van der Waals surface area contributed by atoms with Gasteiger partial charge in [-0.1, -0.05) is 6.08 Å². The quantitative estimate of drug-likeness (QED) is 0.564. The van der Waals surface area contributed by atoms with Crippen LogP contribution < -0.4 is 5.43 Å². The number of amides is 1.